The van der Waals surface area contributed by atoms with Crippen LogP contribution in [0.3, 0.4) is 0 Å². The van der Waals surface area contributed by atoms with E-state index in [-0.39, 0.29) is 40.6 Å². The highest BCUT2D eigenvalue weighted by atomic mass is 35.5. The van der Waals surface area contributed by atoms with Crippen LogP contribution in [0.25, 0.3) is 0 Å². The molecule has 0 spiro atoms. The first-order valence-corrected chi connectivity index (χ1v) is 25.8. The number of carbonyl (C=O) groups excluding carboxylic acids is 5. The van der Waals surface area contributed by atoms with Gasteiger partial charge in [0.15, 0.2) is 0 Å². The minimum Gasteiger partial charge on any atom is -0.427 e. The molecule has 0 aromatic heterocycles. The third-order valence-electron chi connectivity index (χ3n) is 9.35. The number of carbonyl (C=O) groups is 5. The van der Waals surface area contributed by atoms with Crippen molar-refractivity contribution >= 4 is 93.1 Å². The number of nitrogens with one attached hydrogen (secondary N) is 2. The lowest BCUT2D eigenvalue weighted by molar-refractivity contribution is 0.0357. The molecule has 392 valence electrons. The van der Waals surface area contributed by atoms with E-state index in [1.807, 2.05) is 60.6 Å². The zero-order valence-corrected chi connectivity index (χ0v) is 44.9. The highest BCUT2D eigenvalue weighted by molar-refractivity contribution is 7.89. The monoisotopic (exact) mass is 1060 g/mol. The minimum atomic E-state index is -3.76. The lowest BCUT2D eigenvalue weighted by atomic mass is 9.71. The maximum absolute atomic E-state index is 13.3. The number of benzene rings is 4. The molecule has 4 amide bonds. The molecule has 0 saturated heterocycles. The highest BCUT2D eigenvalue weighted by Crippen LogP contribution is 2.20. The summed E-state index contributed by atoms with van der Waals surface area (Å²) in [4.78, 5) is 63.4. The van der Waals surface area contributed by atoms with Crippen LogP contribution in [0.1, 0.15) is 128 Å². The number of amides is 4. The Bertz CT molecular complexity index is 2790. The Labute approximate surface area is 427 Å². The molecule has 5 rings (SSSR count). The molecular formula is C46H65B2ClN8O13S2. The van der Waals surface area contributed by atoms with Gasteiger partial charge < -0.3 is 20.2 Å². The number of sulfonamides is 1. The summed E-state index contributed by atoms with van der Waals surface area (Å²) in [5, 5.41) is 51.1. The molecule has 1 heterocycles. The van der Waals surface area contributed by atoms with Gasteiger partial charge in [-0.15, -0.1) is 11.6 Å². The number of hydrazine groups is 2. The fourth-order valence-electron chi connectivity index (χ4n) is 6.52. The molecule has 0 radical (unpaired) electrons. The quantitative estimate of drug-likeness (QED) is 0.0565. The summed E-state index contributed by atoms with van der Waals surface area (Å²) in [7, 11) is -10.7. The minimum absolute atomic E-state index is 0.00413. The second kappa shape index (κ2) is 27.2. The molecule has 21 nitrogen and oxygen atoms in total. The summed E-state index contributed by atoms with van der Waals surface area (Å²) in [6.07, 6.45) is 4.12. The van der Waals surface area contributed by atoms with Crippen molar-refractivity contribution in [2.24, 2.45) is 15.4 Å². The van der Waals surface area contributed by atoms with Gasteiger partial charge in [-0.05, 0) is 141 Å². The van der Waals surface area contributed by atoms with Crippen molar-refractivity contribution < 1.29 is 61.0 Å². The molecule has 0 atom stereocenters. The van der Waals surface area contributed by atoms with Gasteiger partial charge in [0.25, 0.3) is 33.8 Å². The number of nitrogens with zero attached hydrogens (tertiary/aromatic N) is 4. The summed E-state index contributed by atoms with van der Waals surface area (Å²) < 4.78 is 42.5. The largest absolute Gasteiger partial charge is 0.489 e. The van der Waals surface area contributed by atoms with E-state index in [0.29, 0.717) is 32.8 Å². The van der Waals surface area contributed by atoms with Crippen LogP contribution in [0.5, 0.6) is 0 Å². The van der Waals surface area contributed by atoms with Crippen LogP contribution < -0.4 is 32.1 Å². The number of fused-ring (bicyclic) bond motifs is 1. The van der Waals surface area contributed by atoms with Crippen LogP contribution in [-0.4, -0.2) is 132 Å². The van der Waals surface area contributed by atoms with Crippen molar-refractivity contribution in [3.8, 4) is 0 Å². The van der Waals surface area contributed by atoms with Gasteiger partial charge in [0.1, 0.15) is 6.29 Å². The number of nitrogens with two attached hydrogens (primary N) is 2. The van der Waals surface area contributed by atoms with E-state index in [0.717, 1.165) is 28.5 Å². The molecular weight excluding hydrogens is 994 g/mol. The molecule has 0 aliphatic carbocycles. The fourth-order valence-corrected chi connectivity index (χ4v) is 7.21. The molecule has 4 aromatic rings. The molecule has 0 saturated carbocycles. The normalized spacial score (nSPS) is 11.8. The Kier molecular flexibility index (Phi) is 24.1. The Morgan fingerprint density at radius 1 is 0.722 bits per heavy atom. The van der Waals surface area contributed by atoms with Crippen molar-refractivity contribution in [1.29, 1.82) is 0 Å². The predicted octanol–water partition coefficient (Wildman–Crippen LogP) is 1.57. The van der Waals surface area contributed by atoms with Gasteiger partial charge in [0, 0.05) is 40.8 Å². The van der Waals surface area contributed by atoms with Crippen LogP contribution >= 0.6 is 11.6 Å². The average Bonchev–Trinajstić information content (AvgIpc) is 3.25. The first-order valence-electron chi connectivity index (χ1n) is 21.6. The number of halogens is 1. The van der Waals surface area contributed by atoms with Gasteiger partial charge in [-0.1, -0.05) is 46.5 Å². The molecule has 1 aliphatic rings. The summed E-state index contributed by atoms with van der Waals surface area (Å²) >= 11 is 4.64. The molecule has 4 aromatic carbocycles. The van der Waals surface area contributed by atoms with Gasteiger partial charge in [-0.25, -0.2) is 33.0 Å². The maximum Gasteiger partial charge on any atom is 0.489 e. The Balaban J connectivity index is 0.000000611. The van der Waals surface area contributed by atoms with E-state index >= 15 is 0 Å². The molecule has 0 bridgehead atoms. The average molecular weight is 1060 g/mol. The van der Waals surface area contributed by atoms with Crippen LogP contribution in [0.15, 0.2) is 77.9 Å². The molecule has 0 unspecified atom stereocenters. The first-order chi connectivity index (χ1) is 33.0. The van der Waals surface area contributed by atoms with Crippen LogP contribution in [0.4, 0.5) is 0 Å². The zero-order valence-electron chi connectivity index (χ0n) is 42.5. The van der Waals surface area contributed by atoms with Crippen molar-refractivity contribution in [3.63, 3.8) is 0 Å². The summed E-state index contributed by atoms with van der Waals surface area (Å²) in [5.41, 5.74) is 9.53. The van der Waals surface area contributed by atoms with Gasteiger partial charge in [-0.3, -0.25) is 34.8 Å². The van der Waals surface area contributed by atoms with E-state index < -0.39 is 57.3 Å². The Morgan fingerprint density at radius 3 is 1.42 bits per heavy atom. The molecule has 0 fully saturated rings. The number of rotatable bonds is 7. The summed E-state index contributed by atoms with van der Waals surface area (Å²) in [6.45, 7) is 20.3. The molecule has 1 aliphatic heterocycles. The van der Waals surface area contributed by atoms with Crippen LogP contribution in [-0.2, 0) is 20.2 Å². The molecule has 10 N–H and O–H groups in total. The fraction of sp³-hybridized carbons (Fsp3) is 0.348. The highest BCUT2D eigenvalue weighted by Gasteiger charge is 2.36. The number of aldehydes is 1. The molecule has 72 heavy (non-hydrogen) atoms. The van der Waals surface area contributed by atoms with E-state index in [4.69, 9.17) is 5.11 Å². The summed E-state index contributed by atoms with van der Waals surface area (Å²) in [5.74, 6) is -1.84. The second-order valence-corrected chi connectivity index (χ2v) is 21.0. The van der Waals surface area contributed by atoms with Crippen molar-refractivity contribution in [2.75, 3.05) is 19.2 Å². The maximum atomic E-state index is 13.3. The number of aliphatic hydroxyl groups excluding tert-OH is 1. The van der Waals surface area contributed by atoms with Gasteiger partial charge >= 0.3 is 14.2 Å². The SMILES string of the molecule is CCO.CCl.Cc1cc(C)cc(C(=O)N(NC(=O)c2ccc(B(O)O)c(C=O)c2)C(C)(C)C)c1.Cc1cc(C)cc(C(=O)N(NC(=O)c2ccc3c(c2)C=NN(S(C)(=O)=O)B3O)C(C)(C)C)c1.NS(N)(=O)=O. The predicted molar refractivity (Wildman–Crippen MR) is 280 cm³/mol. The van der Waals surface area contributed by atoms with Gasteiger partial charge in [-0.2, -0.15) is 13.5 Å². The van der Waals surface area contributed by atoms with Crippen LogP contribution in [0.2, 0.25) is 0 Å². The second-order valence-electron chi connectivity index (χ2n) is 18.0. The molecule has 26 heteroatoms. The van der Waals surface area contributed by atoms with Crippen molar-refractivity contribution in [1.82, 2.24) is 25.2 Å². The smallest absolute Gasteiger partial charge is 0.427 e. The van der Waals surface area contributed by atoms with E-state index in [1.165, 1.54) is 59.0 Å². The van der Waals surface area contributed by atoms with Crippen molar-refractivity contribution in [2.45, 2.75) is 87.2 Å². The lowest BCUT2D eigenvalue weighted by Crippen LogP contribution is -2.56. The number of hydrogen-bond acceptors (Lipinski definition) is 14. The number of aryl methyl sites for hydroxylation is 4. The lowest BCUT2D eigenvalue weighted by Gasteiger charge is -2.35. The third kappa shape index (κ3) is 19.9. The van der Waals surface area contributed by atoms with E-state index in [1.54, 1.807) is 52.0 Å². The van der Waals surface area contributed by atoms with Crippen LogP contribution in [0, 0.1) is 27.7 Å². The third-order valence-corrected chi connectivity index (χ3v) is 10.3. The Morgan fingerprint density at radius 2 is 1.08 bits per heavy atom. The summed E-state index contributed by atoms with van der Waals surface area (Å²) in [6, 6.07) is 19.3. The number of aliphatic hydroxyl groups is 1. The first kappa shape index (κ1) is 64.0. The van der Waals surface area contributed by atoms with Gasteiger partial charge in [0.05, 0.1) is 23.5 Å². The van der Waals surface area contributed by atoms with E-state index in [2.05, 4.69) is 37.8 Å². The number of hydrogen-bond donors (Lipinski definition) is 8. The zero-order chi connectivity index (χ0) is 55.9. The number of hydrazone groups is 1. The number of alkyl halides is 1. The topological polar surface area (TPSA) is 333 Å². The van der Waals surface area contributed by atoms with Crippen molar-refractivity contribution in [3.05, 3.63) is 128 Å². The standard InChI is InChI=1S/C22H27BN4O5S.C21H25BN2O5.C2H6O.CH3Cl.H4N2O2S/c1-14-9-15(2)11-17(10-14)21(29)26(22(3,4)5)25-20(28)16-7-8-19-18(12-16)13-24-27(23(19)30)33(6,31)32;1-13-8-14(2)10-16(9-13)20(27)24(21(3,4)5)23-19(26)15-6-7-18(22(28)29)17(11-15)12-25;1-2-3;1-2;1-5(2,3)4/h7-13,30H,1-6H3,(H,25,28);6-12,28-29H,1-5H3,(H,23,26);3H,2H2,1H3;1H3;(H4,1,2,3,4). The van der Waals surface area contributed by atoms with E-state index in [9.17, 15) is 55.9 Å². The Hall–Kier alpha value is -6.02. The van der Waals surface area contributed by atoms with Gasteiger partial charge in [0.2, 0.25) is 10.0 Å².